The number of urea groups is 1. The van der Waals surface area contributed by atoms with Crippen molar-refractivity contribution in [1.82, 2.24) is 20.0 Å². The van der Waals surface area contributed by atoms with Gasteiger partial charge >= 0.3 is 6.03 Å². The molecule has 2 aromatic rings. The third kappa shape index (κ3) is 4.43. The average Bonchev–Trinajstić information content (AvgIpc) is 3.33. The van der Waals surface area contributed by atoms with E-state index in [0.717, 1.165) is 12.1 Å². The fourth-order valence-electron chi connectivity index (χ4n) is 4.64. The number of anilines is 1. The van der Waals surface area contributed by atoms with Gasteiger partial charge in [0.1, 0.15) is 0 Å². The van der Waals surface area contributed by atoms with Crippen LogP contribution in [-0.2, 0) is 14.6 Å². The molecule has 2 fully saturated rings. The zero-order chi connectivity index (χ0) is 24.1. The fourth-order valence-corrected chi connectivity index (χ4v) is 6.33. The molecule has 33 heavy (non-hydrogen) atoms. The number of aromatic nitrogens is 2. The number of halogens is 2. The van der Waals surface area contributed by atoms with Crippen molar-refractivity contribution in [1.29, 1.82) is 0 Å². The number of benzene rings is 1. The lowest BCUT2D eigenvalue weighted by atomic mass is 10.00. The van der Waals surface area contributed by atoms with Crippen LogP contribution < -0.4 is 10.6 Å². The minimum atomic E-state index is -3.10. The van der Waals surface area contributed by atoms with Crippen LogP contribution in [-0.4, -0.2) is 59.6 Å². The van der Waals surface area contributed by atoms with Crippen molar-refractivity contribution in [3.8, 4) is 0 Å². The van der Waals surface area contributed by atoms with Crippen molar-refractivity contribution in [2.24, 2.45) is 0 Å². The molecule has 3 atom stereocenters. The van der Waals surface area contributed by atoms with Crippen molar-refractivity contribution >= 4 is 27.5 Å². The number of carbonyl (C=O) groups excluding carboxylic acids is 2. The van der Waals surface area contributed by atoms with Crippen molar-refractivity contribution < 1.29 is 26.8 Å². The first-order valence-electron chi connectivity index (χ1n) is 10.5. The second-order valence-electron chi connectivity index (χ2n) is 8.58. The number of hydrogen-bond acceptors (Lipinski definition) is 5. The zero-order valence-corrected chi connectivity index (χ0v) is 19.2. The van der Waals surface area contributed by atoms with E-state index < -0.39 is 39.6 Å². The Kier molecular flexibility index (Phi) is 5.89. The summed E-state index contributed by atoms with van der Waals surface area (Å²) in [6, 6.07) is 1.21. The van der Waals surface area contributed by atoms with Crippen molar-refractivity contribution in [3.05, 3.63) is 46.8 Å². The molecule has 0 saturated carbocycles. The monoisotopic (exact) mass is 481 g/mol. The maximum atomic E-state index is 13.8. The first-order chi connectivity index (χ1) is 15.5. The summed E-state index contributed by atoms with van der Waals surface area (Å²) in [6.45, 7) is 3.46. The highest BCUT2D eigenvalue weighted by molar-refractivity contribution is 7.91. The summed E-state index contributed by atoms with van der Waals surface area (Å²) in [7, 11) is -1.56. The molecule has 0 bridgehead atoms. The average molecular weight is 482 g/mol. The van der Waals surface area contributed by atoms with Gasteiger partial charge in [-0.2, -0.15) is 5.10 Å². The van der Waals surface area contributed by atoms with Gasteiger partial charge in [-0.05, 0) is 38.0 Å². The predicted octanol–water partition coefficient (Wildman–Crippen LogP) is 2.23. The number of rotatable bonds is 4. The summed E-state index contributed by atoms with van der Waals surface area (Å²) >= 11 is 0. The molecule has 2 saturated heterocycles. The van der Waals surface area contributed by atoms with Crippen LogP contribution in [0.5, 0.6) is 0 Å². The molecule has 9 nitrogen and oxygen atoms in total. The van der Waals surface area contributed by atoms with Crippen LogP contribution in [0.3, 0.4) is 0 Å². The van der Waals surface area contributed by atoms with Gasteiger partial charge < -0.3 is 15.5 Å². The quantitative estimate of drug-likeness (QED) is 0.695. The van der Waals surface area contributed by atoms with Gasteiger partial charge in [-0.25, -0.2) is 22.0 Å². The molecule has 0 spiro atoms. The number of nitrogens with zero attached hydrogens (tertiary/aromatic N) is 3. The van der Waals surface area contributed by atoms with Crippen LogP contribution in [0.2, 0.25) is 0 Å². The molecule has 2 aliphatic rings. The number of amides is 3. The number of aryl methyl sites for hydroxylation is 1. The van der Waals surface area contributed by atoms with E-state index in [1.54, 1.807) is 25.6 Å². The normalized spacial score (nSPS) is 24.3. The Morgan fingerprint density at radius 3 is 2.58 bits per heavy atom. The maximum absolute atomic E-state index is 13.8. The minimum absolute atomic E-state index is 0.00470. The van der Waals surface area contributed by atoms with Crippen LogP contribution in [0, 0.1) is 25.5 Å². The third-order valence-corrected chi connectivity index (χ3v) is 8.06. The number of nitrogens with one attached hydrogen (secondary N) is 2. The van der Waals surface area contributed by atoms with E-state index in [2.05, 4.69) is 15.7 Å². The molecule has 3 heterocycles. The summed E-state index contributed by atoms with van der Waals surface area (Å²) in [5.41, 5.74) is 1.99. The molecule has 12 heteroatoms. The molecule has 2 N–H and O–H groups in total. The van der Waals surface area contributed by atoms with E-state index in [4.69, 9.17) is 0 Å². The Balaban J connectivity index is 1.51. The number of likely N-dealkylation sites (tertiary alicyclic amines) is 1. The fraction of sp³-hybridized carbons (Fsp3) is 0.476. The van der Waals surface area contributed by atoms with Gasteiger partial charge in [0.2, 0.25) is 5.91 Å². The first kappa shape index (κ1) is 23.1. The molecule has 1 aromatic heterocycles. The molecule has 0 radical (unpaired) electrons. The molecule has 2 aliphatic heterocycles. The Labute approximate surface area is 190 Å². The van der Waals surface area contributed by atoms with E-state index in [0.29, 0.717) is 29.1 Å². The molecular formula is C21H25F2N5O4S. The summed E-state index contributed by atoms with van der Waals surface area (Å²) in [6.07, 6.45) is 0.465. The van der Waals surface area contributed by atoms with Crippen molar-refractivity contribution in [2.45, 2.75) is 44.8 Å². The van der Waals surface area contributed by atoms with Crippen LogP contribution in [0.25, 0.3) is 0 Å². The second-order valence-corrected chi connectivity index (χ2v) is 10.8. The number of sulfone groups is 1. The van der Waals surface area contributed by atoms with E-state index in [1.165, 1.54) is 11.0 Å². The van der Waals surface area contributed by atoms with Gasteiger partial charge in [0, 0.05) is 13.5 Å². The third-order valence-electron chi connectivity index (χ3n) is 6.31. The Hall–Kier alpha value is -3.02. The lowest BCUT2D eigenvalue weighted by Crippen LogP contribution is -2.41. The highest BCUT2D eigenvalue weighted by atomic mass is 32.2. The van der Waals surface area contributed by atoms with Crippen LogP contribution in [0.1, 0.15) is 41.9 Å². The highest BCUT2D eigenvalue weighted by Crippen LogP contribution is 2.33. The Bertz CT molecular complexity index is 1230. The summed E-state index contributed by atoms with van der Waals surface area (Å²) in [5.74, 6) is -2.15. The van der Waals surface area contributed by atoms with Gasteiger partial charge in [-0.3, -0.25) is 9.48 Å². The van der Waals surface area contributed by atoms with Crippen LogP contribution in [0.4, 0.5) is 19.3 Å². The minimum Gasteiger partial charge on any atom is -0.337 e. The summed E-state index contributed by atoms with van der Waals surface area (Å²) in [4.78, 5) is 26.5. The van der Waals surface area contributed by atoms with Gasteiger partial charge in [0.05, 0.1) is 46.7 Å². The lowest BCUT2D eigenvalue weighted by molar-refractivity contribution is -0.127. The number of carbonyl (C=O) groups is 2. The van der Waals surface area contributed by atoms with E-state index in [1.807, 2.05) is 0 Å². The molecule has 1 aromatic carbocycles. The Morgan fingerprint density at radius 1 is 1.21 bits per heavy atom. The van der Waals surface area contributed by atoms with E-state index >= 15 is 0 Å². The Morgan fingerprint density at radius 2 is 1.94 bits per heavy atom. The van der Waals surface area contributed by atoms with E-state index in [-0.39, 0.29) is 29.9 Å². The maximum Gasteiger partial charge on any atom is 0.319 e. The van der Waals surface area contributed by atoms with Crippen LogP contribution >= 0.6 is 0 Å². The standard InChI is InChI=1S/C21H25F2N5O4S/c1-11-19(12(2)28(26-11)14-6-7-33(31,32)10-14)25-21(30)24-17-9-18(29)27(3)20(17)13-4-5-15(22)16(23)8-13/h4-5,8,14,17,20H,6-7,9-10H2,1-3H3,(H2,24,25,30)/t14?,17-,20+/m0/s1. The highest BCUT2D eigenvalue weighted by Gasteiger charge is 2.40. The summed E-state index contributed by atoms with van der Waals surface area (Å²) in [5, 5.41) is 9.92. The van der Waals surface area contributed by atoms with E-state index in [9.17, 15) is 26.8 Å². The SMILES string of the molecule is Cc1nn(C2CCS(=O)(=O)C2)c(C)c1NC(=O)N[C@H]1CC(=O)N(C)[C@@H]1c1ccc(F)c(F)c1. The largest absolute Gasteiger partial charge is 0.337 e. The smallest absolute Gasteiger partial charge is 0.319 e. The number of hydrogen-bond donors (Lipinski definition) is 2. The first-order valence-corrected chi connectivity index (χ1v) is 12.3. The molecular weight excluding hydrogens is 456 g/mol. The molecule has 3 amide bonds. The lowest BCUT2D eigenvalue weighted by Gasteiger charge is -2.26. The summed E-state index contributed by atoms with van der Waals surface area (Å²) < 4.78 is 52.4. The second kappa shape index (κ2) is 8.40. The predicted molar refractivity (Wildman–Crippen MR) is 116 cm³/mol. The van der Waals surface area contributed by atoms with Gasteiger partial charge in [-0.15, -0.1) is 0 Å². The molecule has 0 aliphatic carbocycles. The topological polar surface area (TPSA) is 113 Å². The zero-order valence-electron chi connectivity index (χ0n) is 18.4. The van der Waals surface area contributed by atoms with Crippen molar-refractivity contribution in [3.63, 3.8) is 0 Å². The molecule has 1 unspecified atom stereocenters. The van der Waals surface area contributed by atoms with Crippen molar-refractivity contribution in [2.75, 3.05) is 23.9 Å². The van der Waals surface area contributed by atoms with Gasteiger partial charge in [0.25, 0.3) is 0 Å². The van der Waals surface area contributed by atoms with Crippen LogP contribution in [0.15, 0.2) is 18.2 Å². The molecule has 4 rings (SSSR count). The van der Waals surface area contributed by atoms with Gasteiger partial charge in [0.15, 0.2) is 21.5 Å². The number of likely N-dealkylation sites (N-methyl/N-ethyl adjacent to an activating group) is 1. The van der Waals surface area contributed by atoms with Gasteiger partial charge in [-0.1, -0.05) is 6.07 Å². The molecule has 178 valence electrons.